The number of nitrogens with zero attached hydrogens (tertiary/aromatic N) is 3. The van der Waals surface area contributed by atoms with Gasteiger partial charge in [0.25, 0.3) is 0 Å². The van der Waals surface area contributed by atoms with Gasteiger partial charge < -0.3 is 14.4 Å². The number of ketones is 1. The fraction of sp³-hybridized carbons (Fsp3) is 0.632. The summed E-state index contributed by atoms with van der Waals surface area (Å²) in [6.45, 7) is 6.19. The number of benzene rings is 1. The molecular formula is C38H46F4N4O8S. The molecule has 0 radical (unpaired) electrons. The van der Waals surface area contributed by atoms with Crippen LogP contribution in [0.1, 0.15) is 104 Å². The number of hydrogen-bond acceptors (Lipinski definition) is 10. The Balaban J connectivity index is 1.34. The van der Waals surface area contributed by atoms with E-state index >= 15 is 0 Å². The standard InChI is InChI=1S/C38H46F4N4O8S/c1-35(2,3)54-30(48)16-22-10-8-6-5-7-9-11-23-19-37(23,34(50)45-55(51,52)36(4)14-15-36)20-29(47)28-18-25(21-46(28)33(22)49)53-32-31(38(40,41)42)43-26-13-12-24(39)17-27(26)44-32/h9,11-13,17,22-23,25,28H,5-8,10,14-16,18-21H2,1-4H3,(H,45,50)/b11-9-/t22-,23-,25-,28+,37-/m1/s1. The van der Waals surface area contributed by atoms with Gasteiger partial charge in [-0.25, -0.2) is 22.8 Å². The molecule has 55 heavy (non-hydrogen) atoms. The van der Waals surface area contributed by atoms with Crippen LogP contribution in [0.2, 0.25) is 0 Å². The summed E-state index contributed by atoms with van der Waals surface area (Å²) in [5.41, 5.74) is -4.21. The molecule has 6 rings (SSSR count). The maximum atomic E-state index is 14.4. The molecule has 2 saturated carbocycles. The van der Waals surface area contributed by atoms with E-state index in [1.165, 1.54) is 11.8 Å². The maximum absolute atomic E-state index is 14.4. The Hall–Kier alpha value is -4.15. The van der Waals surface area contributed by atoms with Crippen molar-refractivity contribution in [3.63, 3.8) is 0 Å². The number of alkyl halides is 3. The van der Waals surface area contributed by atoms with Crippen LogP contribution in [0.4, 0.5) is 17.6 Å². The fourth-order valence-electron chi connectivity index (χ4n) is 7.44. The third-order valence-corrected chi connectivity index (χ3v) is 13.1. The molecular weight excluding hydrogens is 748 g/mol. The van der Waals surface area contributed by atoms with Crippen LogP contribution in [-0.2, 0) is 40.1 Å². The molecule has 2 aromatic rings. The molecule has 2 aliphatic heterocycles. The zero-order valence-electron chi connectivity index (χ0n) is 31.2. The number of sulfonamides is 1. The fourth-order valence-corrected chi connectivity index (χ4v) is 8.77. The number of rotatable bonds is 7. The lowest BCUT2D eigenvalue weighted by molar-refractivity contribution is -0.159. The predicted octanol–water partition coefficient (Wildman–Crippen LogP) is 5.97. The highest BCUT2D eigenvalue weighted by Crippen LogP contribution is 2.57. The van der Waals surface area contributed by atoms with Crippen LogP contribution in [0.25, 0.3) is 11.0 Å². The Bertz CT molecular complexity index is 2010. The molecule has 1 aromatic heterocycles. The molecule has 4 aliphatic rings. The summed E-state index contributed by atoms with van der Waals surface area (Å²) in [4.78, 5) is 64.5. The second-order valence-corrected chi connectivity index (χ2v) is 18.7. The molecule has 0 spiro atoms. The van der Waals surface area contributed by atoms with E-state index in [4.69, 9.17) is 9.47 Å². The smallest absolute Gasteiger partial charge is 0.438 e. The lowest BCUT2D eigenvalue weighted by Gasteiger charge is -2.29. The minimum absolute atomic E-state index is 0.174. The molecule has 1 aromatic carbocycles. The first-order valence-corrected chi connectivity index (χ1v) is 20.1. The average Bonchev–Trinajstić information content (AvgIpc) is 3.95. The van der Waals surface area contributed by atoms with Gasteiger partial charge in [0.2, 0.25) is 33.4 Å². The van der Waals surface area contributed by atoms with Gasteiger partial charge in [-0.05, 0) is 84.3 Å². The van der Waals surface area contributed by atoms with Crippen LogP contribution in [0.5, 0.6) is 5.88 Å². The van der Waals surface area contributed by atoms with Crippen molar-refractivity contribution < 1.29 is 54.6 Å². The molecule has 300 valence electrons. The minimum Gasteiger partial charge on any atom is -0.471 e. The zero-order chi connectivity index (χ0) is 40.1. The third-order valence-electron chi connectivity index (χ3n) is 10.9. The molecule has 1 N–H and O–H groups in total. The summed E-state index contributed by atoms with van der Waals surface area (Å²) in [7, 11) is -4.06. The topological polar surface area (TPSA) is 162 Å². The van der Waals surface area contributed by atoms with Gasteiger partial charge in [0.1, 0.15) is 17.5 Å². The van der Waals surface area contributed by atoms with E-state index in [9.17, 15) is 45.2 Å². The molecule has 12 nitrogen and oxygen atoms in total. The molecule has 0 unspecified atom stereocenters. The first kappa shape index (κ1) is 40.5. The van der Waals surface area contributed by atoms with E-state index in [0.29, 0.717) is 32.1 Å². The van der Waals surface area contributed by atoms with Gasteiger partial charge >= 0.3 is 12.1 Å². The van der Waals surface area contributed by atoms with Crippen LogP contribution in [0.15, 0.2) is 30.4 Å². The normalized spacial score (nSPS) is 28.0. The number of ether oxygens (including phenoxy) is 2. The summed E-state index contributed by atoms with van der Waals surface area (Å²) in [6.07, 6.45) is 0.131. The quantitative estimate of drug-likeness (QED) is 0.201. The summed E-state index contributed by atoms with van der Waals surface area (Å²) >= 11 is 0. The molecule has 5 atom stereocenters. The highest BCUT2D eigenvalue weighted by molar-refractivity contribution is 7.91. The minimum atomic E-state index is -5.04. The Morgan fingerprint density at radius 3 is 2.45 bits per heavy atom. The molecule has 2 aliphatic carbocycles. The van der Waals surface area contributed by atoms with Gasteiger partial charge in [0, 0.05) is 24.8 Å². The number of halogens is 4. The number of fused-ring (bicyclic) bond motifs is 3. The SMILES string of the molecule is CC(C)(C)OC(=O)C[C@H]1CCCCC/C=C\[C@@H]2C[C@@]2(C(=O)NS(=O)(=O)C2(C)CC2)CC(=O)[C@@H]2C[C@@H](Oc3nc4cc(F)ccc4nc3C(F)(F)F)CN2C1=O. The van der Waals surface area contributed by atoms with Gasteiger partial charge in [-0.3, -0.25) is 23.9 Å². The zero-order valence-corrected chi connectivity index (χ0v) is 32.0. The Kier molecular flexibility index (Phi) is 10.9. The summed E-state index contributed by atoms with van der Waals surface area (Å²) in [5, 5.41) is 0. The first-order valence-electron chi connectivity index (χ1n) is 18.6. The van der Waals surface area contributed by atoms with E-state index in [2.05, 4.69) is 14.7 Å². The lowest BCUT2D eigenvalue weighted by Crippen LogP contribution is -2.47. The number of aromatic nitrogens is 2. The Morgan fingerprint density at radius 1 is 1.05 bits per heavy atom. The molecule has 3 heterocycles. The van der Waals surface area contributed by atoms with Crippen molar-refractivity contribution in [3.8, 4) is 5.88 Å². The monoisotopic (exact) mass is 794 g/mol. The lowest BCUT2D eigenvalue weighted by atomic mass is 9.90. The van der Waals surface area contributed by atoms with E-state index in [1.54, 1.807) is 20.8 Å². The highest BCUT2D eigenvalue weighted by atomic mass is 32.2. The van der Waals surface area contributed by atoms with Crippen molar-refractivity contribution in [2.45, 2.75) is 127 Å². The number of carbonyl (C=O) groups excluding carboxylic acids is 4. The van der Waals surface area contributed by atoms with Gasteiger partial charge in [0.05, 0.1) is 40.2 Å². The number of nitrogens with one attached hydrogen (secondary N) is 1. The molecule has 1 saturated heterocycles. The van der Waals surface area contributed by atoms with Crippen LogP contribution in [-0.4, -0.2) is 75.9 Å². The maximum Gasteiger partial charge on any atom is 0.438 e. The Morgan fingerprint density at radius 2 is 1.78 bits per heavy atom. The van der Waals surface area contributed by atoms with Gasteiger partial charge in [0.15, 0.2) is 5.78 Å². The first-order chi connectivity index (χ1) is 25.6. The number of amides is 2. The molecule has 3 fully saturated rings. The Labute approximate surface area is 316 Å². The van der Waals surface area contributed by atoms with E-state index in [0.717, 1.165) is 24.6 Å². The molecule has 2 amide bonds. The number of allylic oxidation sites excluding steroid dienone is 2. The summed E-state index contributed by atoms with van der Waals surface area (Å²) < 4.78 is 95.5. The third kappa shape index (κ3) is 8.96. The van der Waals surface area contributed by atoms with Crippen molar-refractivity contribution in [2.75, 3.05) is 6.54 Å². The van der Waals surface area contributed by atoms with Crippen molar-refractivity contribution in [1.29, 1.82) is 0 Å². The van der Waals surface area contributed by atoms with Crippen molar-refractivity contribution in [2.24, 2.45) is 17.3 Å². The number of esters is 1. The van der Waals surface area contributed by atoms with E-state index < -0.39 is 103 Å². The summed E-state index contributed by atoms with van der Waals surface area (Å²) in [5.74, 6) is -5.85. The summed E-state index contributed by atoms with van der Waals surface area (Å²) in [6, 6.07) is 1.58. The number of carbonyl (C=O) groups is 4. The van der Waals surface area contributed by atoms with Crippen LogP contribution in [0.3, 0.4) is 0 Å². The average molecular weight is 795 g/mol. The predicted molar refractivity (Wildman–Crippen MR) is 190 cm³/mol. The molecule has 0 bridgehead atoms. The van der Waals surface area contributed by atoms with Gasteiger partial charge in [-0.2, -0.15) is 13.2 Å². The van der Waals surface area contributed by atoms with Gasteiger partial charge in [-0.1, -0.05) is 25.0 Å². The van der Waals surface area contributed by atoms with Crippen LogP contribution >= 0.6 is 0 Å². The van der Waals surface area contributed by atoms with E-state index in [-0.39, 0.29) is 43.3 Å². The number of hydrogen-bond donors (Lipinski definition) is 1. The largest absolute Gasteiger partial charge is 0.471 e. The van der Waals surface area contributed by atoms with E-state index in [1.807, 2.05) is 12.2 Å². The second kappa shape index (κ2) is 14.7. The van der Waals surface area contributed by atoms with Crippen molar-refractivity contribution in [3.05, 3.63) is 41.9 Å². The van der Waals surface area contributed by atoms with Crippen LogP contribution < -0.4 is 9.46 Å². The van der Waals surface area contributed by atoms with Gasteiger partial charge in [-0.15, -0.1) is 0 Å². The molecule has 17 heteroatoms. The van der Waals surface area contributed by atoms with Crippen LogP contribution in [0, 0.1) is 23.1 Å². The highest BCUT2D eigenvalue weighted by Gasteiger charge is 2.62. The second-order valence-electron chi connectivity index (χ2n) is 16.5. The number of Topliss-reactive ketones (excluding diaryl/α,β-unsaturated/α-hetero) is 1. The van der Waals surface area contributed by atoms with Crippen molar-refractivity contribution >= 4 is 44.6 Å². The van der Waals surface area contributed by atoms with Crippen molar-refractivity contribution in [1.82, 2.24) is 19.6 Å².